The summed E-state index contributed by atoms with van der Waals surface area (Å²) in [5, 5.41) is 13.7. The van der Waals surface area contributed by atoms with E-state index in [-0.39, 0.29) is 11.6 Å². The van der Waals surface area contributed by atoms with Crippen LogP contribution in [0.5, 0.6) is 0 Å². The van der Waals surface area contributed by atoms with Crippen molar-refractivity contribution < 1.29 is 9.72 Å². The molecule has 0 saturated carbocycles. The predicted octanol–water partition coefficient (Wildman–Crippen LogP) is 2.84. The maximum atomic E-state index is 12.1. The minimum atomic E-state index is -0.429. The second-order valence-corrected chi connectivity index (χ2v) is 5.44. The van der Waals surface area contributed by atoms with Crippen molar-refractivity contribution in [3.05, 3.63) is 64.5 Å². The minimum Gasteiger partial charge on any atom is -0.385 e. The first-order valence-electron chi connectivity index (χ1n) is 7.67. The average molecular weight is 328 g/mol. The van der Waals surface area contributed by atoms with E-state index in [1.165, 1.54) is 12.1 Å². The molecule has 2 rings (SSSR count). The number of carbonyl (C=O) groups is 1. The quantitative estimate of drug-likeness (QED) is 0.457. The van der Waals surface area contributed by atoms with E-state index in [9.17, 15) is 14.9 Å². The van der Waals surface area contributed by atoms with Crippen molar-refractivity contribution in [2.24, 2.45) is 0 Å². The molecule has 7 nitrogen and oxygen atoms in total. The Bertz CT molecular complexity index is 674. The maximum Gasteiger partial charge on any atom is 0.269 e. The van der Waals surface area contributed by atoms with Gasteiger partial charge in [-0.2, -0.15) is 0 Å². The fraction of sp³-hybridized carbons (Fsp3) is 0.294. The number of nitro benzene ring substituents is 1. The molecule has 0 atom stereocenters. The topological polar surface area (TPSA) is 88.4 Å². The molecule has 1 amide bonds. The standard InChI is InChI=1S/C17H20N4O3/c1-20(13-14-8-11-18-12-9-14)17(22)3-2-10-19-15-4-6-16(7-5-15)21(23)24/h4-9,11-12,19H,2-3,10,13H2,1H3. The number of hydrogen-bond acceptors (Lipinski definition) is 5. The Balaban J connectivity index is 1.69. The summed E-state index contributed by atoms with van der Waals surface area (Å²) < 4.78 is 0. The largest absolute Gasteiger partial charge is 0.385 e. The number of rotatable bonds is 8. The van der Waals surface area contributed by atoms with Gasteiger partial charge < -0.3 is 10.2 Å². The number of nitrogens with one attached hydrogen (secondary N) is 1. The van der Waals surface area contributed by atoms with Crippen LogP contribution in [0.3, 0.4) is 0 Å². The third-order valence-electron chi connectivity index (χ3n) is 3.57. The number of hydrogen-bond donors (Lipinski definition) is 1. The van der Waals surface area contributed by atoms with Crippen molar-refractivity contribution in [1.82, 2.24) is 9.88 Å². The van der Waals surface area contributed by atoms with E-state index < -0.39 is 4.92 Å². The van der Waals surface area contributed by atoms with Gasteiger partial charge in [-0.3, -0.25) is 19.9 Å². The van der Waals surface area contributed by atoms with Crippen LogP contribution in [0.25, 0.3) is 0 Å². The smallest absolute Gasteiger partial charge is 0.269 e. The fourth-order valence-corrected chi connectivity index (χ4v) is 2.21. The lowest BCUT2D eigenvalue weighted by atomic mass is 10.2. The molecule has 1 aromatic carbocycles. The van der Waals surface area contributed by atoms with Crippen LogP contribution in [0.4, 0.5) is 11.4 Å². The molecule has 0 saturated heterocycles. The zero-order chi connectivity index (χ0) is 17.4. The van der Waals surface area contributed by atoms with Crippen molar-refractivity contribution in [3.63, 3.8) is 0 Å². The lowest BCUT2D eigenvalue weighted by Crippen LogP contribution is -2.26. The highest BCUT2D eigenvalue weighted by atomic mass is 16.6. The van der Waals surface area contributed by atoms with Gasteiger partial charge in [0.25, 0.3) is 5.69 Å². The number of pyridine rings is 1. The molecule has 2 aromatic rings. The average Bonchev–Trinajstić information content (AvgIpc) is 2.59. The van der Waals surface area contributed by atoms with Crippen LogP contribution in [-0.2, 0) is 11.3 Å². The van der Waals surface area contributed by atoms with Gasteiger partial charge in [0.05, 0.1) is 4.92 Å². The molecule has 0 radical (unpaired) electrons. The lowest BCUT2D eigenvalue weighted by molar-refractivity contribution is -0.384. The molecule has 0 aliphatic carbocycles. The second kappa shape index (κ2) is 8.61. The van der Waals surface area contributed by atoms with Crippen molar-refractivity contribution in [2.75, 3.05) is 18.9 Å². The number of benzene rings is 1. The van der Waals surface area contributed by atoms with Gasteiger partial charge in [-0.15, -0.1) is 0 Å². The molecular formula is C17H20N4O3. The Morgan fingerprint density at radius 1 is 1.21 bits per heavy atom. The van der Waals surface area contributed by atoms with Gasteiger partial charge in [0, 0.05) is 56.8 Å². The molecule has 7 heteroatoms. The molecule has 1 heterocycles. The summed E-state index contributed by atoms with van der Waals surface area (Å²) in [4.78, 5) is 27.9. The highest BCUT2D eigenvalue weighted by molar-refractivity contribution is 5.75. The third kappa shape index (κ3) is 5.35. The van der Waals surface area contributed by atoms with Gasteiger partial charge in [-0.05, 0) is 36.2 Å². The number of non-ortho nitro benzene ring substituents is 1. The summed E-state index contributed by atoms with van der Waals surface area (Å²) >= 11 is 0. The molecule has 0 aliphatic heterocycles. The Labute approximate surface area is 140 Å². The Morgan fingerprint density at radius 3 is 2.50 bits per heavy atom. The van der Waals surface area contributed by atoms with Gasteiger partial charge in [0.15, 0.2) is 0 Å². The first-order valence-corrected chi connectivity index (χ1v) is 7.67. The molecule has 1 N–H and O–H groups in total. The minimum absolute atomic E-state index is 0.0634. The van der Waals surface area contributed by atoms with E-state index in [1.807, 2.05) is 12.1 Å². The van der Waals surface area contributed by atoms with E-state index >= 15 is 0 Å². The summed E-state index contributed by atoms with van der Waals surface area (Å²) in [6, 6.07) is 10.0. The summed E-state index contributed by atoms with van der Waals surface area (Å²) in [7, 11) is 1.78. The Kier molecular flexibility index (Phi) is 6.24. The van der Waals surface area contributed by atoms with Gasteiger partial charge >= 0.3 is 0 Å². The van der Waals surface area contributed by atoms with Gasteiger partial charge in [0.1, 0.15) is 0 Å². The summed E-state index contributed by atoms with van der Waals surface area (Å²) in [6.07, 6.45) is 4.56. The van der Waals surface area contributed by atoms with Crippen molar-refractivity contribution in [3.8, 4) is 0 Å². The first kappa shape index (κ1) is 17.4. The maximum absolute atomic E-state index is 12.1. The Hall–Kier alpha value is -2.96. The van der Waals surface area contributed by atoms with E-state index in [0.717, 1.165) is 11.3 Å². The van der Waals surface area contributed by atoms with Crippen LogP contribution in [0.15, 0.2) is 48.8 Å². The normalized spacial score (nSPS) is 10.2. The van der Waals surface area contributed by atoms with Crippen LogP contribution in [-0.4, -0.2) is 34.3 Å². The van der Waals surface area contributed by atoms with Gasteiger partial charge in [0.2, 0.25) is 5.91 Å². The molecule has 0 fully saturated rings. The highest BCUT2D eigenvalue weighted by Crippen LogP contribution is 2.15. The van der Waals surface area contributed by atoms with Crippen LogP contribution in [0, 0.1) is 10.1 Å². The van der Waals surface area contributed by atoms with Crippen LogP contribution in [0.2, 0.25) is 0 Å². The third-order valence-corrected chi connectivity index (χ3v) is 3.57. The summed E-state index contributed by atoms with van der Waals surface area (Å²) in [5.74, 6) is 0.0808. The molecule has 0 bridgehead atoms. The van der Waals surface area contributed by atoms with Crippen LogP contribution < -0.4 is 5.32 Å². The molecule has 1 aromatic heterocycles. The molecule has 0 unspecified atom stereocenters. The van der Waals surface area contributed by atoms with E-state index in [2.05, 4.69) is 10.3 Å². The van der Waals surface area contributed by atoms with E-state index in [0.29, 0.717) is 25.9 Å². The van der Waals surface area contributed by atoms with E-state index in [4.69, 9.17) is 0 Å². The molecule has 0 aliphatic rings. The zero-order valence-corrected chi connectivity index (χ0v) is 13.5. The monoisotopic (exact) mass is 328 g/mol. The Morgan fingerprint density at radius 2 is 1.88 bits per heavy atom. The van der Waals surface area contributed by atoms with Gasteiger partial charge in [-0.1, -0.05) is 0 Å². The number of amides is 1. The number of anilines is 1. The van der Waals surface area contributed by atoms with Crippen LogP contribution in [0.1, 0.15) is 18.4 Å². The molecular weight excluding hydrogens is 308 g/mol. The van der Waals surface area contributed by atoms with Crippen LogP contribution >= 0.6 is 0 Å². The number of carbonyl (C=O) groups excluding carboxylic acids is 1. The first-order chi connectivity index (χ1) is 11.6. The highest BCUT2D eigenvalue weighted by Gasteiger charge is 2.09. The lowest BCUT2D eigenvalue weighted by Gasteiger charge is -2.17. The molecule has 0 spiro atoms. The van der Waals surface area contributed by atoms with Crippen molar-refractivity contribution in [1.29, 1.82) is 0 Å². The van der Waals surface area contributed by atoms with Crippen molar-refractivity contribution >= 4 is 17.3 Å². The van der Waals surface area contributed by atoms with E-state index in [1.54, 1.807) is 36.5 Å². The number of nitro groups is 1. The fourth-order valence-electron chi connectivity index (χ4n) is 2.21. The van der Waals surface area contributed by atoms with Gasteiger partial charge in [-0.25, -0.2) is 0 Å². The SMILES string of the molecule is CN(Cc1ccncc1)C(=O)CCCNc1ccc([N+](=O)[O-])cc1. The number of nitrogens with zero attached hydrogens (tertiary/aromatic N) is 3. The molecule has 24 heavy (non-hydrogen) atoms. The molecule has 126 valence electrons. The predicted molar refractivity (Wildman–Crippen MR) is 91.5 cm³/mol. The summed E-state index contributed by atoms with van der Waals surface area (Å²) in [5.41, 5.74) is 1.91. The summed E-state index contributed by atoms with van der Waals surface area (Å²) in [6.45, 7) is 1.20. The zero-order valence-electron chi connectivity index (χ0n) is 13.5. The number of aromatic nitrogens is 1. The van der Waals surface area contributed by atoms with Crippen molar-refractivity contribution in [2.45, 2.75) is 19.4 Å². The second-order valence-electron chi connectivity index (χ2n) is 5.44.